The second-order valence-corrected chi connectivity index (χ2v) is 5.08. The van der Waals surface area contributed by atoms with Gasteiger partial charge in [-0.25, -0.2) is 0 Å². The van der Waals surface area contributed by atoms with Crippen molar-refractivity contribution < 1.29 is 9.90 Å². The van der Waals surface area contributed by atoms with Crippen LogP contribution in [0.25, 0.3) is 0 Å². The third kappa shape index (κ3) is 2.45. The predicted octanol–water partition coefficient (Wildman–Crippen LogP) is 2.66. The van der Waals surface area contributed by atoms with E-state index in [2.05, 4.69) is 6.07 Å². The third-order valence-electron chi connectivity index (χ3n) is 3.74. The molecule has 1 aliphatic heterocycles. The van der Waals surface area contributed by atoms with Crippen molar-refractivity contribution in [1.29, 1.82) is 0 Å². The predicted molar refractivity (Wildman–Crippen MR) is 78.3 cm³/mol. The smallest absolute Gasteiger partial charge is 0.227 e. The Kier molecular flexibility index (Phi) is 3.52. The summed E-state index contributed by atoms with van der Waals surface area (Å²) < 4.78 is 0. The van der Waals surface area contributed by atoms with Crippen LogP contribution in [0.15, 0.2) is 48.5 Å². The first kappa shape index (κ1) is 12.9. The zero-order chi connectivity index (χ0) is 13.9. The van der Waals surface area contributed by atoms with Crippen LogP contribution >= 0.6 is 0 Å². The van der Waals surface area contributed by atoms with Gasteiger partial charge in [-0.2, -0.15) is 0 Å². The molecule has 0 fully saturated rings. The summed E-state index contributed by atoms with van der Waals surface area (Å²) in [6.07, 6.45) is 1.40. The molecule has 0 unspecified atom stereocenters. The zero-order valence-electron chi connectivity index (χ0n) is 11.2. The standard InChI is InChI=1S/C17H17NO2/c19-12-14-7-5-13(6-8-14)11-18-16-4-2-1-3-15(16)9-10-17(18)20/h1-8,19H,9-12H2. The van der Waals surface area contributed by atoms with Crippen molar-refractivity contribution in [3.05, 3.63) is 65.2 Å². The second kappa shape index (κ2) is 5.47. The lowest BCUT2D eigenvalue weighted by molar-refractivity contribution is -0.119. The van der Waals surface area contributed by atoms with Crippen LogP contribution in [0.4, 0.5) is 5.69 Å². The highest BCUT2D eigenvalue weighted by molar-refractivity contribution is 5.96. The minimum atomic E-state index is 0.0474. The summed E-state index contributed by atoms with van der Waals surface area (Å²) >= 11 is 0. The molecule has 2 aromatic rings. The fourth-order valence-electron chi connectivity index (χ4n) is 2.60. The van der Waals surface area contributed by atoms with Crippen molar-refractivity contribution in [3.63, 3.8) is 0 Å². The number of anilines is 1. The van der Waals surface area contributed by atoms with E-state index in [1.807, 2.05) is 47.4 Å². The van der Waals surface area contributed by atoms with Crippen LogP contribution in [0.2, 0.25) is 0 Å². The molecule has 3 heteroatoms. The second-order valence-electron chi connectivity index (χ2n) is 5.08. The van der Waals surface area contributed by atoms with Crippen molar-refractivity contribution in [2.75, 3.05) is 4.90 Å². The molecule has 0 aromatic heterocycles. The zero-order valence-corrected chi connectivity index (χ0v) is 11.2. The van der Waals surface area contributed by atoms with E-state index in [4.69, 9.17) is 5.11 Å². The number of aliphatic hydroxyl groups excluding tert-OH is 1. The maximum atomic E-state index is 12.2. The van der Waals surface area contributed by atoms with Crippen LogP contribution in [0.5, 0.6) is 0 Å². The first-order valence-electron chi connectivity index (χ1n) is 6.85. The summed E-state index contributed by atoms with van der Waals surface area (Å²) in [5.74, 6) is 0.176. The number of rotatable bonds is 3. The molecule has 0 bridgehead atoms. The number of nitrogens with zero attached hydrogens (tertiary/aromatic N) is 1. The summed E-state index contributed by atoms with van der Waals surface area (Å²) in [4.78, 5) is 14.0. The van der Waals surface area contributed by atoms with Gasteiger partial charge in [0.2, 0.25) is 5.91 Å². The lowest BCUT2D eigenvalue weighted by Crippen LogP contribution is -2.34. The van der Waals surface area contributed by atoms with Crippen molar-refractivity contribution in [2.24, 2.45) is 0 Å². The van der Waals surface area contributed by atoms with Gasteiger partial charge in [0, 0.05) is 12.1 Å². The third-order valence-corrected chi connectivity index (χ3v) is 3.74. The van der Waals surface area contributed by atoms with Gasteiger partial charge in [0.15, 0.2) is 0 Å². The maximum Gasteiger partial charge on any atom is 0.227 e. The molecular weight excluding hydrogens is 250 g/mol. The average molecular weight is 267 g/mol. The van der Waals surface area contributed by atoms with Gasteiger partial charge in [0.25, 0.3) is 0 Å². The van der Waals surface area contributed by atoms with Crippen LogP contribution in [0.1, 0.15) is 23.1 Å². The largest absolute Gasteiger partial charge is 0.392 e. The van der Waals surface area contributed by atoms with E-state index in [0.29, 0.717) is 13.0 Å². The number of carbonyl (C=O) groups is 1. The molecule has 1 aliphatic rings. The Bertz CT molecular complexity index is 619. The number of para-hydroxylation sites is 1. The van der Waals surface area contributed by atoms with Crippen LogP contribution in [0, 0.1) is 0 Å². The molecule has 102 valence electrons. The van der Waals surface area contributed by atoms with Crippen LogP contribution in [-0.4, -0.2) is 11.0 Å². The number of benzene rings is 2. The summed E-state index contributed by atoms with van der Waals surface area (Å²) in [5, 5.41) is 9.06. The van der Waals surface area contributed by atoms with E-state index in [1.165, 1.54) is 5.56 Å². The van der Waals surface area contributed by atoms with Gasteiger partial charge in [0.05, 0.1) is 13.2 Å². The fourth-order valence-corrected chi connectivity index (χ4v) is 2.60. The van der Waals surface area contributed by atoms with Gasteiger partial charge in [-0.15, -0.1) is 0 Å². The Morgan fingerprint density at radius 2 is 1.65 bits per heavy atom. The Labute approximate surface area is 118 Å². The molecule has 0 spiro atoms. The number of aryl methyl sites for hydroxylation is 1. The molecule has 0 atom stereocenters. The number of amides is 1. The monoisotopic (exact) mass is 267 g/mol. The summed E-state index contributed by atoms with van der Waals surface area (Å²) in [6, 6.07) is 15.8. The molecule has 1 N–H and O–H groups in total. The normalized spacial score (nSPS) is 14.2. The number of aliphatic hydroxyl groups is 1. The Morgan fingerprint density at radius 1 is 0.950 bits per heavy atom. The topological polar surface area (TPSA) is 40.5 Å². The van der Waals surface area contributed by atoms with Gasteiger partial charge in [0.1, 0.15) is 0 Å². The highest BCUT2D eigenvalue weighted by atomic mass is 16.3. The van der Waals surface area contributed by atoms with Crippen LogP contribution in [-0.2, 0) is 24.4 Å². The van der Waals surface area contributed by atoms with Crippen molar-refractivity contribution in [1.82, 2.24) is 0 Å². The van der Waals surface area contributed by atoms with E-state index in [9.17, 15) is 4.79 Å². The maximum absolute atomic E-state index is 12.2. The first-order valence-corrected chi connectivity index (χ1v) is 6.85. The summed E-state index contributed by atoms with van der Waals surface area (Å²) in [7, 11) is 0. The lowest BCUT2D eigenvalue weighted by Gasteiger charge is -2.29. The summed E-state index contributed by atoms with van der Waals surface area (Å²) in [6.45, 7) is 0.632. The van der Waals surface area contributed by atoms with Gasteiger partial charge in [-0.3, -0.25) is 4.79 Å². The fraction of sp³-hybridized carbons (Fsp3) is 0.235. The SMILES string of the molecule is O=C1CCc2ccccc2N1Cc1ccc(CO)cc1. The Hall–Kier alpha value is -2.13. The van der Waals surface area contributed by atoms with Crippen molar-refractivity contribution >= 4 is 11.6 Å². The van der Waals surface area contributed by atoms with E-state index >= 15 is 0 Å². The molecule has 0 saturated heterocycles. The van der Waals surface area contributed by atoms with Crippen molar-refractivity contribution in [3.8, 4) is 0 Å². The van der Waals surface area contributed by atoms with Gasteiger partial charge < -0.3 is 10.0 Å². The van der Waals surface area contributed by atoms with Crippen LogP contribution in [0.3, 0.4) is 0 Å². The molecule has 0 aliphatic carbocycles. The number of carbonyl (C=O) groups excluding carboxylic acids is 1. The molecule has 20 heavy (non-hydrogen) atoms. The average Bonchev–Trinajstić information content (AvgIpc) is 2.51. The van der Waals surface area contributed by atoms with E-state index in [-0.39, 0.29) is 12.5 Å². The molecule has 1 heterocycles. The number of hydrogen-bond donors (Lipinski definition) is 1. The van der Waals surface area contributed by atoms with E-state index in [1.54, 1.807) is 0 Å². The highest BCUT2D eigenvalue weighted by Crippen LogP contribution is 2.28. The quantitative estimate of drug-likeness (QED) is 0.928. The molecular formula is C17H17NO2. The molecule has 0 radical (unpaired) electrons. The van der Waals surface area contributed by atoms with Gasteiger partial charge in [-0.1, -0.05) is 42.5 Å². The molecule has 3 rings (SSSR count). The van der Waals surface area contributed by atoms with Crippen molar-refractivity contribution in [2.45, 2.75) is 26.0 Å². The minimum Gasteiger partial charge on any atom is -0.392 e. The van der Waals surface area contributed by atoms with Crippen LogP contribution < -0.4 is 4.90 Å². The minimum absolute atomic E-state index is 0.0474. The molecule has 3 nitrogen and oxygen atoms in total. The highest BCUT2D eigenvalue weighted by Gasteiger charge is 2.23. The summed E-state index contributed by atoms with van der Waals surface area (Å²) in [5.41, 5.74) is 4.22. The molecule has 2 aromatic carbocycles. The molecule has 0 saturated carbocycles. The Morgan fingerprint density at radius 3 is 2.40 bits per heavy atom. The molecule has 1 amide bonds. The van der Waals surface area contributed by atoms with Gasteiger partial charge in [-0.05, 0) is 29.2 Å². The van der Waals surface area contributed by atoms with Gasteiger partial charge >= 0.3 is 0 Å². The number of hydrogen-bond acceptors (Lipinski definition) is 2. The first-order chi connectivity index (χ1) is 9.78. The van der Waals surface area contributed by atoms with E-state index in [0.717, 1.165) is 23.2 Å². The Balaban J connectivity index is 1.87. The van der Waals surface area contributed by atoms with E-state index < -0.39 is 0 Å². The number of fused-ring (bicyclic) bond motifs is 1. The lowest BCUT2D eigenvalue weighted by atomic mass is 10.0.